The van der Waals surface area contributed by atoms with Gasteiger partial charge in [0.05, 0.1) is 0 Å². The van der Waals surface area contributed by atoms with Crippen LogP contribution in [0.2, 0.25) is 31.7 Å². The zero-order chi connectivity index (χ0) is 13.6. The van der Waals surface area contributed by atoms with E-state index in [1.54, 1.807) is 0 Å². The molecular formula is C14H26O2Si2. The number of hydrogen-bond acceptors (Lipinski definition) is 2. The van der Waals surface area contributed by atoms with Crippen LogP contribution in [-0.4, -0.2) is 30.9 Å². The van der Waals surface area contributed by atoms with Crippen LogP contribution in [0, 0.1) is 0 Å². The SMILES string of the molecule is CO[Si](C)(C)CCC[Si](C)(OC)c1ccccc1. The van der Waals surface area contributed by atoms with Crippen LogP contribution in [0.15, 0.2) is 30.3 Å². The van der Waals surface area contributed by atoms with Crippen LogP contribution in [0.25, 0.3) is 0 Å². The van der Waals surface area contributed by atoms with Crippen molar-refractivity contribution in [3.8, 4) is 0 Å². The van der Waals surface area contributed by atoms with E-state index in [1.165, 1.54) is 23.7 Å². The minimum atomic E-state index is -1.75. The van der Waals surface area contributed by atoms with E-state index in [-0.39, 0.29) is 0 Å². The van der Waals surface area contributed by atoms with E-state index in [1.807, 2.05) is 14.2 Å². The van der Waals surface area contributed by atoms with E-state index < -0.39 is 16.6 Å². The van der Waals surface area contributed by atoms with Gasteiger partial charge in [-0.3, -0.25) is 0 Å². The van der Waals surface area contributed by atoms with Crippen LogP contribution in [0.4, 0.5) is 0 Å². The summed E-state index contributed by atoms with van der Waals surface area (Å²) in [5.74, 6) is 0. The van der Waals surface area contributed by atoms with Gasteiger partial charge < -0.3 is 8.85 Å². The Morgan fingerprint density at radius 2 is 1.50 bits per heavy atom. The molecule has 0 aromatic heterocycles. The van der Waals surface area contributed by atoms with E-state index in [0.717, 1.165) is 0 Å². The summed E-state index contributed by atoms with van der Waals surface area (Å²) in [7, 11) is 0.533. The van der Waals surface area contributed by atoms with Gasteiger partial charge in [-0.05, 0) is 36.9 Å². The van der Waals surface area contributed by atoms with Gasteiger partial charge in [0.25, 0.3) is 0 Å². The molecule has 0 radical (unpaired) electrons. The first-order valence-corrected chi connectivity index (χ1v) is 12.3. The van der Waals surface area contributed by atoms with Crippen LogP contribution in [-0.2, 0) is 8.85 Å². The van der Waals surface area contributed by atoms with Crippen molar-refractivity contribution in [1.82, 2.24) is 0 Å². The smallest absolute Gasteiger partial charge is 0.220 e. The molecule has 0 heterocycles. The van der Waals surface area contributed by atoms with Crippen LogP contribution in [0.3, 0.4) is 0 Å². The van der Waals surface area contributed by atoms with Gasteiger partial charge in [0.1, 0.15) is 0 Å². The van der Waals surface area contributed by atoms with Crippen molar-refractivity contribution in [2.24, 2.45) is 0 Å². The van der Waals surface area contributed by atoms with Crippen molar-refractivity contribution in [1.29, 1.82) is 0 Å². The van der Waals surface area contributed by atoms with E-state index >= 15 is 0 Å². The molecular weight excluding hydrogens is 256 g/mol. The van der Waals surface area contributed by atoms with Gasteiger partial charge in [-0.2, -0.15) is 0 Å². The van der Waals surface area contributed by atoms with Crippen LogP contribution in [0.1, 0.15) is 6.42 Å². The summed E-state index contributed by atoms with van der Waals surface area (Å²) >= 11 is 0. The molecule has 102 valence electrons. The first-order chi connectivity index (χ1) is 8.43. The molecule has 0 saturated carbocycles. The maximum Gasteiger partial charge on any atom is 0.220 e. The van der Waals surface area contributed by atoms with Crippen LogP contribution in [0.5, 0.6) is 0 Å². The summed E-state index contributed by atoms with van der Waals surface area (Å²) in [5, 5.41) is 1.39. The number of hydrogen-bond donors (Lipinski definition) is 0. The van der Waals surface area contributed by atoms with E-state index in [2.05, 4.69) is 50.0 Å². The topological polar surface area (TPSA) is 18.5 Å². The third kappa shape index (κ3) is 4.35. The Labute approximate surface area is 114 Å². The van der Waals surface area contributed by atoms with Gasteiger partial charge in [-0.25, -0.2) is 0 Å². The standard InChI is InChI=1S/C14H26O2Si2/c1-15-17(3,4)12-9-13-18(5,16-2)14-10-7-6-8-11-14/h6-8,10-11H,9,12-13H2,1-5H3. The second kappa shape index (κ2) is 6.66. The molecule has 0 saturated heterocycles. The molecule has 1 rings (SSSR count). The van der Waals surface area contributed by atoms with Crippen LogP contribution >= 0.6 is 0 Å². The first kappa shape index (κ1) is 15.6. The average Bonchev–Trinajstić information content (AvgIpc) is 2.39. The summed E-state index contributed by atoms with van der Waals surface area (Å²) in [4.78, 5) is 0. The summed E-state index contributed by atoms with van der Waals surface area (Å²) in [6, 6.07) is 13.1. The van der Waals surface area contributed by atoms with Gasteiger partial charge in [0.2, 0.25) is 8.32 Å². The third-order valence-corrected chi connectivity index (χ3v) is 10.2. The Kier molecular flexibility index (Phi) is 5.78. The number of rotatable bonds is 7. The molecule has 0 fully saturated rings. The monoisotopic (exact) mass is 282 g/mol. The fraction of sp³-hybridized carbons (Fsp3) is 0.571. The molecule has 2 nitrogen and oxygen atoms in total. The number of benzene rings is 1. The second-order valence-electron chi connectivity index (χ2n) is 5.62. The third-order valence-electron chi connectivity index (χ3n) is 3.82. The highest BCUT2D eigenvalue weighted by Gasteiger charge is 2.31. The Bertz CT molecular complexity index is 354. The molecule has 0 amide bonds. The molecule has 0 aliphatic heterocycles. The predicted octanol–water partition coefficient (Wildman–Crippen LogP) is 3.36. The van der Waals surface area contributed by atoms with Crippen molar-refractivity contribution in [2.75, 3.05) is 14.2 Å². The van der Waals surface area contributed by atoms with E-state index in [4.69, 9.17) is 8.85 Å². The molecule has 0 bridgehead atoms. The molecule has 1 aromatic rings. The van der Waals surface area contributed by atoms with Crippen molar-refractivity contribution < 1.29 is 8.85 Å². The maximum absolute atomic E-state index is 5.89. The Hall–Kier alpha value is -0.426. The first-order valence-electron chi connectivity index (χ1n) is 6.59. The summed E-state index contributed by atoms with van der Waals surface area (Å²) in [6.45, 7) is 6.87. The molecule has 4 heteroatoms. The molecule has 0 N–H and O–H groups in total. The summed E-state index contributed by atoms with van der Waals surface area (Å²) < 4.78 is 11.5. The highest BCUT2D eigenvalue weighted by Crippen LogP contribution is 2.20. The van der Waals surface area contributed by atoms with Crippen molar-refractivity contribution in [3.05, 3.63) is 30.3 Å². The highest BCUT2D eigenvalue weighted by molar-refractivity contribution is 6.85. The minimum Gasteiger partial charge on any atom is -0.420 e. The Balaban J connectivity index is 2.62. The highest BCUT2D eigenvalue weighted by atomic mass is 28.4. The Morgan fingerprint density at radius 3 is 2.00 bits per heavy atom. The molecule has 0 aliphatic rings. The predicted molar refractivity (Wildman–Crippen MR) is 83.4 cm³/mol. The second-order valence-corrected chi connectivity index (χ2v) is 14.0. The fourth-order valence-electron chi connectivity index (χ4n) is 2.11. The molecule has 18 heavy (non-hydrogen) atoms. The quantitative estimate of drug-likeness (QED) is 0.714. The van der Waals surface area contributed by atoms with E-state index in [9.17, 15) is 0 Å². The normalized spacial score (nSPS) is 15.4. The molecule has 0 spiro atoms. The summed E-state index contributed by atoms with van der Waals surface area (Å²) in [5.41, 5.74) is 0. The summed E-state index contributed by atoms with van der Waals surface area (Å²) in [6.07, 6.45) is 1.21. The van der Waals surface area contributed by atoms with Crippen LogP contribution < -0.4 is 5.19 Å². The lowest BCUT2D eigenvalue weighted by atomic mass is 10.4. The van der Waals surface area contributed by atoms with Gasteiger partial charge >= 0.3 is 0 Å². The van der Waals surface area contributed by atoms with Gasteiger partial charge in [0, 0.05) is 14.2 Å². The van der Waals surface area contributed by atoms with Crippen molar-refractivity contribution in [2.45, 2.75) is 38.2 Å². The van der Waals surface area contributed by atoms with E-state index in [0.29, 0.717) is 0 Å². The van der Waals surface area contributed by atoms with Crippen molar-refractivity contribution >= 4 is 21.8 Å². The average molecular weight is 283 g/mol. The minimum absolute atomic E-state index is 1.17. The van der Waals surface area contributed by atoms with Crippen molar-refractivity contribution in [3.63, 3.8) is 0 Å². The maximum atomic E-state index is 5.89. The zero-order valence-electron chi connectivity index (χ0n) is 12.3. The van der Waals surface area contributed by atoms with Gasteiger partial charge in [-0.15, -0.1) is 0 Å². The molecule has 1 aromatic carbocycles. The van der Waals surface area contributed by atoms with Gasteiger partial charge in [0.15, 0.2) is 8.32 Å². The Morgan fingerprint density at radius 1 is 0.889 bits per heavy atom. The lowest BCUT2D eigenvalue weighted by molar-refractivity contribution is 0.398. The largest absolute Gasteiger partial charge is 0.420 e. The lowest BCUT2D eigenvalue weighted by Gasteiger charge is -2.27. The molecule has 1 atom stereocenters. The fourth-order valence-corrected chi connectivity index (χ4v) is 6.17. The molecule has 1 unspecified atom stereocenters. The van der Waals surface area contributed by atoms with Gasteiger partial charge in [-0.1, -0.05) is 36.8 Å². The zero-order valence-corrected chi connectivity index (χ0v) is 14.3. The molecule has 0 aliphatic carbocycles. The lowest BCUT2D eigenvalue weighted by Crippen LogP contribution is -2.47.